The van der Waals surface area contributed by atoms with Gasteiger partial charge in [0.1, 0.15) is 0 Å². The van der Waals surface area contributed by atoms with E-state index in [2.05, 4.69) is 20.9 Å². The molecule has 0 aliphatic heterocycles. The molecular formula is C19H29ClN4O. The third-order valence-electron chi connectivity index (χ3n) is 4.29. The van der Waals surface area contributed by atoms with E-state index in [1.54, 1.807) is 0 Å². The summed E-state index contributed by atoms with van der Waals surface area (Å²) in [5.41, 5.74) is 1.09. The Morgan fingerprint density at radius 2 is 1.88 bits per heavy atom. The van der Waals surface area contributed by atoms with Crippen molar-refractivity contribution in [3.63, 3.8) is 0 Å². The molecule has 1 aliphatic carbocycles. The standard InChI is InChI=1S/C19H29ClN4O/c1-2-21-19(23-14-15-8-10-16(20)11-9-15)22-13-12-18(25)24-17-6-4-3-5-7-17/h8-11,17H,2-7,12-14H2,1H3,(H,24,25)(H2,21,22,23). The van der Waals surface area contributed by atoms with Gasteiger partial charge in [-0.15, -0.1) is 0 Å². The zero-order chi connectivity index (χ0) is 17.9. The van der Waals surface area contributed by atoms with Crippen LogP contribution in [-0.4, -0.2) is 31.0 Å². The van der Waals surface area contributed by atoms with Gasteiger partial charge in [0, 0.05) is 30.6 Å². The minimum absolute atomic E-state index is 0.118. The molecule has 1 saturated carbocycles. The number of carbonyl (C=O) groups is 1. The first-order chi connectivity index (χ1) is 12.2. The Bertz CT molecular complexity index is 553. The number of benzene rings is 1. The number of carbonyl (C=O) groups excluding carboxylic acids is 1. The maximum atomic E-state index is 12.0. The van der Waals surface area contributed by atoms with Crippen LogP contribution < -0.4 is 16.0 Å². The number of hydrogen-bond donors (Lipinski definition) is 3. The van der Waals surface area contributed by atoms with Crippen LogP contribution in [-0.2, 0) is 11.3 Å². The molecule has 1 amide bonds. The van der Waals surface area contributed by atoms with E-state index < -0.39 is 0 Å². The molecule has 6 heteroatoms. The summed E-state index contributed by atoms with van der Waals surface area (Å²) in [6.07, 6.45) is 6.44. The van der Waals surface area contributed by atoms with Gasteiger partial charge < -0.3 is 16.0 Å². The normalized spacial score (nSPS) is 15.7. The lowest BCUT2D eigenvalue weighted by Gasteiger charge is -2.22. The second-order valence-electron chi connectivity index (χ2n) is 6.40. The van der Waals surface area contributed by atoms with E-state index in [9.17, 15) is 4.79 Å². The van der Waals surface area contributed by atoms with E-state index >= 15 is 0 Å². The third kappa shape index (κ3) is 7.78. The molecule has 1 fully saturated rings. The molecule has 0 unspecified atom stereocenters. The fourth-order valence-electron chi connectivity index (χ4n) is 2.94. The molecule has 2 rings (SSSR count). The molecule has 0 bridgehead atoms. The summed E-state index contributed by atoms with van der Waals surface area (Å²) >= 11 is 5.89. The van der Waals surface area contributed by atoms with Crippen LogP contribution in [0.15, 0.2) is 29.3 Å². The lowest BCUT2D eigenvalue weighted by atomic mass is 9.95. The van der Waals surface area contributed by atoms with Crippen LogP contribution in [0, 0.1) is 0 Å². The van der Waals surface area contributed by atoms with Crippen molar-refractivity contribution in [1.29, 1.82) is 0 Å². The van der Waals surface area contributed by atoms with Gasteiger partial charge in [0.2, 0.25) is 5.91 Å². The quantitative estimate of drug-likeness (QED) is 0.514. The van der Waals surface area contributed by atoms with Crippen molar-refractivity contribution < 1.29 is 4.79 Å². The highest BCUT2D eigenvalue weighted by molar-refractivity contribution is 6.30. The molecule has 0 radical (unpaired) electrons. The summed E-state index contributed by atoms with van der Waals surface area (Å²) in [6.45, 7) is 3.95. The van der Waals surface area contributed by atoms with E-state index in [1.807, 2.05) is 31.2 Å². The van der Waals surface area contributed by atoms with Crippen molar-refractivity contribution in [2.24, 2.45) is 4.99 Å². The number of guanidine groups is 1. The van der Waals surface area contributed by atoms with Gasteiger partial charge >= 0.3 is 0 Å². The molecule has 0 heterocycles. The predicted octanol–water partition coefficient (Wildman–Crippen LogP) is 3.23. The Hall–Kier alpha value is -1.75. The van der Waals surface area contributed by atoms with Gasteiger partial charge in [-0.25, -0.2) is 4.99 Å². The Balaban J connectivity index is 1.73. The van der Waals surface area contributed by atoms with Gasteiger partial charge in [-0.05, 0) is 37.5 Å². The van der Waals surface area contributed by atoms with Crippen LogP contribution in [0.5, 0.6) is 0 Å². The highest BCUT2D eigenvalue weighted by Crippen LogP contribution is 2.17. The first-order valence-corrected chi connectivity index (χ1v) is 9.61. The van der Waals surface area contributed by atoms with Crippen molar-refractivity contribution >= 4 is 23.5 Å². The molecule has 1 aromatic rings. The van der Waals surface area contributed by atoms with Crippen molar-refractivity contribution in [2.75, 3.05) is 13.1 Å². The Kier molecular flexibility index (Phi) is 8.60. The number of nitrogens with one attached hydrogen (secondary N) is 3. The van der Waals surface area contributed by atoms with Gasteiger partial charge in [0.05, 0.1) is 6.54 Å². The highest BCUT2D eigenvalue weighted by atomic mass is 35.5. The third-order valence-corrected chi connectivity index (χ3v) is 4.54. The molecule has 0 saturated heterocycles. The van der Waals surface area contributed by atoms with Crippen LogP contribution in [0.1, 0.15) is 51.0 Å². The summed E-state index contributed by atoms with van der Waals surface area (Å²) in [5, 5.41) is 10.3. The van der Waals surface area contributed by atoms with Gasteiger partial charge in [-0.2, -0.15) is 0 Å². The average Bonchev–Trinajstić information content (AvgIpc) is 2.62. The lowest BCUT2D eigenvalue weighted by molar-refractivity contribution is -0.121. The molecule has 138 valence electrons. The molecule has 0 aromatic heterocycles. The average molecular weight is 365 g/mol. The smallest absolute Gasteiger partial charge is 0.221 e. The van der Waals surface area contributed by atoms with Gasteiger partial charge in [0.25, 0.3) is 0 Å². The lowest BCUT2D eigenvalue weighted by Crippen LogP contribution is -2.41. The van der Waals surface area contributed by atoms with Crippen molar-refractivity contribution in [1.82, 2.24) is 16.0 Å². The fourth-order valence-corrected chi connectivity index (χ4v) is 3.07. The monoisotopic (exact) mass is 364 g/mol. The van der Waals surface area contributed by atoms with Gasteiger partial charge in [-0.3, -0.25) is 4.79 Å². The second-order valence-corrected chi connectivity index (χ2v) is 6.84. The van der Waals surface area contributed by atoms with E-state index in [4.69, 9.17) is 11.6 Å². The first kappa shape index (κ1) is 19.6. The Morgan fingerprint density at radius 1 is 1.16 bits per heavy atom. The zero-order valence-corrected chi connectivity index (χ0v) is 15.7. The molecule has 5 nitrogen and oxygen atoms in total. The van der Waals surface area contributed by atoms with Crippen LogP contribution in [0.25, 0.3) is 0 Å². The van der Waals surface area contributed by atoms with Gasteiger partial charge in [-0.1, -0.05) is 43.0 Å². The van der Waals surface area contributed by atoms with Crippen molar-refractivity contribution in [3.8, 4) is 0 Å². The van der Waals surface area contributed by atoms with E-state index in [-0.39, 0.29) is 5.91 Å². The summed E-state index contributed by atoms with van der Waals surface area (Å²) in [4.78, 5) is 16.6. The number of hydrogen-bond acceptors (Lipinski definition) is 2. The van der Waals surface area contributed by atoms with E-state index in [0.717, 1.165) is 35.9 Å². The molecular weight excluding hydrogens is 336 g/mol. The summed E-state index contributed by atoms with van der Waals surface area (Å²) < 4.78 is 0. The number of amides is 1. The summed E-state index contributed by atoms with van der Waals surface area (Å²) in [5.74, 6) is 0.843. The predicted molar refractivity (Wildman–Crippen MR) is 104 cm³/mol. The summed E-state index contributed by atoms with van der Waals surface area (Å²) in [7, 11) is 0. The number of aliphatic imine (C=N–C) groups is 1. The SMILES string of the molecule is CCNC(=NCc1ccc(Cl)cc1)NCCC(=O)NC1CCCCC1. The molecule has 3 N–H and O–H groups in total. The first-order valence-electron chi connectivity index (χ1n) is 9.23. The molecule has 1 aliphatic rings. The summed E-state index contributed by atoms with van der Waals surface area (Å²) in [6, 6.07) is 8.03. The minimum Gasteiger partial charge on any atom is -0.357 e. The number of nitrogens with zero attached hydrogens (tertiary/aromatic N) is 1. The maximum Gasteiger partial charge on any atom is 0.221 e. The van der Waals surface area contributed by atoms with Crippen LogP contribution >= 0.6 is 11.6 Å². The van der Waals surface area contributed by atoms with Crippen molar-refractivity contribution in [2.45, 2.75) is 58.0 Å². The van der Waals surface area contributed by atoms with E-state index in [1.165, 1.54) is 19.3 Å². The van der Waals surface area contributed by atoms with Crippen LogP contribution in [0.3, 0.4) is 0 Å². The van der Waals surface area contributed by atoms with Crippen molar-refractivity contribution in [3.05, 3.63) is 34.9 Å². The second kappa shape index (κ2) is 11.0. The Labute approximate surface area is 155 Å². The molecule has 0 spiro atoms. The molecule has 0 atom stereocenters. The molecule has 1 aromatic carbocycles. The Morgan fingerprint density at radius 3 is 2.56 bits per heavy atom. The minimum atomic E-state index is 0.118. The van der Waals surface area contributed by atoms with Gasteiger partial charge in [0.15, 0.2) is 5.96 Å². The van der Waals surface area contributed by atoms with Crippen LogP contribution in [0.2, 0.25) is 5.02 Å². The number of halogens is 1. The zero-order valence-electron chi connectivity index (χ0n) is 15.0. The largest absolute Gasteiger partial charge is 0.357 e. The maximum absolute atomic E-state index is 12.0. The fraction of sp³-hybridized carbons (Fsp3) is 0.579. The molecule has 25 heavy (non-hydrogen) atoms. The topological polar surface area (TPSA) is 65.5 Å². The number of rotatable bonds is 7. The highest BCUT2D eigenvalue weighted by Gasteiger charge is 2.15. The van der Waals surface area contributed by atoms with Crippen LogP contribution in [0.4, 0.5) is 0 Å². The van der Waals surface area contributed by atoms with E-state index in [0.29, 0.717) is 25.6 Å².